The van der Waals surface area contributed by atoms with E-state index in [4.69, 9.17) is 29.4 Å². The fraction of sp³-hybridized carbons (Fsp3) is 0.200. The molecule has 0 atom stereocenters. The van der Waals surface area contributed by atoms with Crippen molar-refractivity contribution in [1.29, 1.82) is 0 Å². The highest BCUT2D eigenvalue weighted by Gasteiger charge is 2.19. The zero-order valence-electron chi connectivity index (χ0n) is 20.1. The van der Waals surface area contributed by atoms with Crippen molar-refractivity contribution < 1.29 is 32.1 Å². The Morgan fingerprint density at radius 2 is 1.34 bits per heavy atom. The van der Waals surface area contributed by atoms with E-state index in [0.29, 0.717) is 40.0 Å². The van der Waals surface area contributed by atoms with Crippen LogP contribution in [0.2, 0.25) is 0 Å². The number of hydrogen-bond acceptors (Lipinski definition) is 8. The summed E-state index contributed by atoms with van der Waals surface area (Å²) in [5.74, 6) is 2.24. The van der Waals surface area contributed by atoms with Crippen molar-refractivity contribution in [2.75, 3.05) is 46.0 Å². The predicted octanol–water partition coefficient (Wildman–Crippen LogP) is 4.28. The van der Waals surface area contributed by atoms with Crippen LogP contribution in [0, 0.1) is 0 Å². The summed E-state index contributed by atoms with van der Waals surface area (Å²) >= 11 is 0. The van der Waals surface area contributed by atoms with Gasteiger partial charge in [0.15, 0.2) is 23.0 Å². The first-order chi connectivity index (χ1) is 16.8. The highest BCUT2D eigenvalue weighted by molar-refractivity contribution is 7.92. The lowest BCUT2D eigenvalue weighted by Gasteiger charge is -2.15. The number of anilines is 2. The second-order valence-electron chi connectivity index (χ2n) is 7.26. The number of rotatable bonds is 10. The van der Waals surface area contributed by atoms with Crippen molar-refractivity contribution >= 4 is 33.6 Å². The maximum atomic E-state index is 13.1. The summed E-state index contributed by atoms with van der Waals surface area (Å²) in [5.41, 5.74) is 7.66. The molecule has 186 valence electrons. The first-order valence-electron chi connectivity index (χ1n) is 10.4. The quantitative estimate of drug-likeness (QED) is 0.313. The molecule has 0 heterocycles. The number of nitrogens with one attached hydrogen (secondary N) is 1. The van der Waals surface area contributed by atoms with E-state index in [2.05, 4.69) is 4.72 Å². The highest BCUT2D eigenvalue weighted by atomic mass is 32.2. The van der Waals surface area contributed by atoms with E-state index in [9.17, 15) is 8.42 Å². The van der Waals surface area contributed by atoms with Gasteiger partial charge >= 0.3 is 0 Å². The number of nitrogen functional groups attached to an aromatic ring is 1. The van der Waals surface area contributed by atoms with Crippen LogP contribution >= 0.6 is 0 Å². The number of nitrogens with two attached hydrogens (primary N) is 1. The minimum absolute atomic E-state index is 0.0341. The molecular formula is C25H28N2O7S. The summed E-state index contributed by atoms with van der Waals surface area (Å²) in [6.45, 7) is 0. The van der Waals surface area contributed by atoms with Crippen LogP contribution in [0.4, 0.5) is 11.4 Å². The van der Waals surface area contributed by atoms with Crippen LogP contribution in [0.25, 0.3) is 12.2 Å². The Kier molecular flexibility index (Phi) is 7.98. The Morgan fingerprint density at radius 3 is 1.89 bits per heavy atom. The van der Waals surface area contributed by atoms with Gasteiger partial charge < -0.3 is 29.4 Å². The molecule has 9 nitrogen and oxygen atoms in total. The lowest BCUT2D eigenvalue weighted by molar-refractivity contribution is 0.324. The molecule has 0 fully saturated rings. The maximum Gasteiger partial charge on any atom is 0.261 e. The maximum absolute atomic E-state index is 13.1. The lowest BCUT2D eigenvalue weighted by Crippen LogP contribution is -2.14. The number of methoxy groups -OCH3 is 5. The van der Waals surface area contributed by atoms with Gasteiger partial charge in [-0.05, 0) is 42.0 Å². The second kappa shape index (κ2) is 10.9. The first kappa shape index (κ1) is 25.6. The van der Waals surface area contributed by atoms with Gasteiger partial charge in [0.25, 0.3) is 10.0 Å². The standard InChI is InChI=1S/C25H28N2O7S/c1-30-21-13-17(10-9-16-11-23(32-3)25(34-5)24(12-16)33-4)20(15-22(21)31-2)27-35(28,29)19-8-6-7-18(26)14-19/h6-15,27H,26H2,1-5H3. The minimum Gasteiger partial charge on any atom is -0.493 e. The molecule has 3 rings (SSSR count). The Labute approximate surface area is 205 Å². The number of hydrogen-bond donors (Lipinski definition) is 2. The summed E-state index contributed by atoms with van der Waals surface area (Å²) in [6.07, 6.45) is 3.52. The summed E-state index contributed by atoms with van der Waals surface area (Å²) in [7, 11) is 3.63. The van der Waals surface area contributed by atoms with E-state index < -0.39 is 10.0 Å². The van der Waals surface area contributed by atoms with E-state index in [1.54, 1.807) is 48.6 Å². The Balaban J connectivity index is 2.09. The molecule has 0 bridgehead atoms. The van der Waals surface area contributed by atoms with Crippen LogP contribution in [0.1, 0.15) is 11.1 Å². The zero-order valence-corrected chi connectivity index (χ0v) is 20.9. The van der Waals surface area contributed by atoms with E-state index >= 15 is 0 Å². The van der Waals surface area contributed by atoms with Crippen LogP contribution in [-0.4, -0.2) is 44.0 Å². The van der Waals surface area contributed by atoms with Crippen molar-refractivity contribution in [3.8, 4) is 28.7 Å². The minimum atomic E-state index is -3.93. The smallest absolute Gasteiger partial charge is 0.261 e. The first-order valence-corrected chi connectivity index (χ1v) is 11.9. The molecular weight excluding hydrogens is 472 g/mol. The molecule has 3 aromatic carbocycles. The average Bonchev–Trinajstić information content (AvgIpc) is 2.86. The van der Waals surface area contributed by atoms with Crippen molar-refractivity contribution in [1.82, 2.24) is 0 Å². The van der Waals surface area contributed by atoms with Gasteiger partial charge in [0.1, 0.15) is 0 Å². The SMILES string of the molecule is COc1cc(C=Cc2cc(OC)c(OC)c(OC)c2)c(NS(=O)(=O)c2cccc(N)c2)cc1OC. The van der Waals surface area contributed by atoms with Crippen LogP contribution in [0.5, 0.6) is 28.7 Å². The van der Waals surface area contributed by atoms with Crippen molar-refractivity contribution in [3.63, 3.8) is 0 Å². The Bertz CT molecular complexity index is 1310. The van der Waals surface area contributed by atoms with Crippen molar-refractivity contribution in [3.05, 3.63) is 59.7 Å². The molecule has 0 amide bonds. The Hall–Kier alpha value is -4.05. The monoisotopic (exact) mass is 500 g/mol. The van der Waals surface area contributed by atoms with Gasteiger partial charge in [0, 0.05) is 17.3 Å². The average molecular weight is 501 g/mol. The fourth-order valence-corrected chi connectivity index (χ4v) is 4.52. The molecule has 0 radical (unpaired) electrons. The molecule has 0 aromatic heterocycles. The van der Waals surface area contributed by atoms with Crippen LogP contribution in [0.15, 0.2) is 53.4 Å². The lowest BCUT2D eigenvalue weighted by atomic mass is 10.1. The van der Waals surface area contributed by atoms with E-state index in [1.807, 2.05) is 0 Å². The van der Waals surface area contributed by atoms with E-state index in [-0.39, 0.29) is 10.6 Å². The van der Waals surface area contributed by atoms with E-state index in [1.165, 1.54) is 47.7 Å². The highest BCUT2D eigenvalue weighted by Crippen LogP contribution is 2.39. The Morgan fingerprint density at radius 1 is 0.743 bits per heavy atom. The molecule has 0 saturated carbocycles. The van der Waals surface area contributed by atoms with Crippen molar-refractivity contribution in [2.45, 2.75) is 4.90 Å². The molecule has 0 saturated heterocycles. The number of sulfonamides is 1. The molecule has 0 aliphatic heterocycles. The second-order valence-corrected chi connectivity index (χ2v) is 8.95. The zero-order chi connectivity index (χ0) is 25.6. The van der Waals surface area contributed by atoms with Crippen molar-refractivity contribution in [2.24, 2.45) is 0 Å². The molecule has 0 unspecified atom stereocenters. The normalized spacial score (nSPS) is 11.2. The molecule has 0 aliphatic rings. The van der Waals surface area contributed by atoms with Crippen LogP contribution < -0.4 is 34.1 Å². The molecule has 3 N–H and O–H groups in total. The largest absolute Gasteiger partial charge is 0.493 e. The summed E-state index contributed by atoms with van der Waals surface area (Å²) in [4.78, 5) is 0.0341. The number of benzene rings is 3. The van der Waals surface area contributed by atoms with Gasteiger partial charge in [0.05, 0.1) is 46.1 Å². The topological polar surface area (TPSA) is 118 Å². The summed E-state index contributed by atoms with van der Waals surface area (Å²) in [6, 6.07) is 12.8. The predicted molar refractivity (Wildman–Crippen MR) is 136 cm³/mol. The third-order valence-corrected chi connectivity index (χ3v) is 6.47. The van der Waals surface area contributed by atoms with Crippen LogP contribution in [-0.2, 0) is 10.0 Å². The molecule has 0 aliphatic carbocycles. The molecule has 0 spiro atoms. The van der Waals surface area contributed by atoms with Gasteiger partial charge in [-0.2, -0.15) is 0 Å². The van der Waals surface area contributed by atoms with Gasteiger partial charge in [-0.15, -0.1) is 0 Å². The summed E-state index contributed by atoms with van der Waals surface area (Å²) < 4.78 is 55.7. The number of ether oxygens (including phenoxy) is 5. The third-order valence-electron chi connectivity index (χ3n) is 5.11. The van der Waals surface area contributed by atoms with Gasteiger partial charge in [-0.3, -0.25) is 4.72 Å². The van der Waals surface area contributed by atoms with Gasteiger partial charge in [-0.25, -0.2) is 8.42 Å². The molecule has 35 heavy (non-hydrogen) atoms. The van der Waals surface area contributed by atoms with Crippen LogP contribution in [0.3, 0.4) is 0 Å². The third kappa shape index (κ3) is 5.72. The van der Waals surface area contributed by atoms with Gasteiger partial charge in [0.2, 0.25) is 5.75 Å². The summed E-state index contributed by atoms with van der Waals surface area (Å²) in [5, 5.41) is 0. The van der Waals surface area contributed by atoms with Gasteiger partial charge in [-0.1, -0.05) is 18.2 Å². The fourth-order valence-electron chi connectivity index (χ4n) is 3.39. The molecule has 10 heteroatoms. The van der Waals surface area contributed by atoms with E-state index in [0.717, 1.165) is 5.56 Å². The molecule has 3 aromatic rings.